The number of nitrogens with one attached hydrogen (secondary N) is 1. The van der Waals surface area contributed by atoms with Crippen molar-refractivity contribution in [3.8, 4) is 11.3 Å². The predicted molar refractivity (Wildman–Crippen MR) is 61.7 cm³/mol. The summed E-state index contributed by atoms with van der Waals surface area (Å²) in [6, 6.07) is 2.47. The van der Waals surface area contributed by atoms with Crippen LogP contribution in [0, 0.1) is 17.5 Å². The summed E-state index contributed by atoms with van der Waals surface area (Å²) in [7, 11) is 0. The molecular weight excluding hydrogens is 257 g/mol. The van der Waals surface area contributed by atoms with Crippen LogP contribution in [-0.2, 0) is 6.54 Å². The zero-order valence-corrected chi connectivity index (χ0v) is 9.92. The second-order valence-electron chi connectivity index (χ2n) is 4.51. The molecule has 0 saturated heterocycles. The van der Waals surface area contributed by atoms with Gasteiger partial charge in [-0.2, -0.15) is 0 Å². The van der Waals surface area contributed by atoms with E-state index < -0.39 is 17.5 Å². The van der Waals surface area contributed by atoms with Crippen molar-refractivity contribution in [3.63, 3.8) is 0 Å². The quantitative estimate of drug-likeness (QED) is 0.866. The topological polar surface area (TPSA) is 38.1 Å². The minimum atomic E-state index is -1.50. The predicted octanol–water partition coefficient (Wildman–Crippen LogP) is 3.01. The fourth-order valence-electron chi connectivity index (χ4n) is 1.84. The van der Waals surface area contributed by atoms with Gasteiger partial charge in [0.25, 0.3) is 0 Å². The molecule has 3 nitrogen and oxygen atoms in total. The fraction of sp³-hybridized carbons (Fsp3) is 0.308. The van der Waals surface area contributed by atoms with E-state index in [2.05, 4.69) is 10.3 Å². The van der Waals surface area contributed by atoms with Crippen molar-refractivity contribution in [2.75, 3.05) is 0 Å². The van der Waals surface area contributed by atoms with E-state index in [1.54, 1.807) is 0 Å². The highest BCUT2D eigenvalue weighted by atomic mass is 19.2. The van der Waals surface area contributed by atoms with Crippen molar-refractivity contribution in [1.82, 2.24) is 10.3 Å². The smallest absolute Gasteiger partial charge is 0.195 e. The van der Waals surface area contributed by atoms with E-state index in [1.165, 1.54) is 6.39 Å². The van der Waals surface area contributed by atoms with Crippen LogP contribution in [0.5, 0.6) is 0 Å². The maximum atomic E-state index is 13.7. The lowest BCUT2D eigenvalue weighted by atomic mass is 10.1. The summed E-state index contributed by atoms with van der Waals surface area (Å²) in [5.41, 5.74) is 0.362. The maximum Gasteiger partial charge on any atom is 0.195 e. The third-order valence-corrected chi connectivity index (χ3v) is 3.06. The fourth-order valence-corrected chi connectivity index (χ4v) is 1.84. The minimum Gasteiger partial charge on any atom is -0.443 e. The Morgan fingerprint density at radius 1 is 1.21 bits per heavy atom. The molecule has 6 heteroatoms. The average Bonchev–Trinajstić information content (AvgIpc) is 3.12. The Labute approximate surface area is 107 Å². The minimum absolute atomic E-state index is 0.121. The number of hydrogen-bond donors (Lipinski definition) is 1. The van der Waals surface area contributed by atoms with E-state index in [-0.39, 0.29) is 11.3 Å². The summed E-state index contributed by atoms with van der Waals surface area (Å²) in [5.74, 6) is -3.86. The molecule has 100 valence electrons. The van der Waals surface area contributed by atoms with Gasteiger partial charge in [0.05, 0.1) is 5.56 Å². The number of oxazole rings is 1. The molecule has 1 aliphatic carbocycles. The Morgan fingerprint density at radius 2 is 2.00 bits per heavy atom. The summed E-state index contributed by atoms with van der Waals surface area (Å²) in [4.78, 5) is 3.97. The van der Waals surface area contributed by atoms with E-state index in [4.69, 9.17) is 4.42 Å². The van der Waals surface area contributed by atoms with Crippen LogP contribution in [0.15, 0.2) is 22.9 Å². The molecule has 1 saturated carbocycles. The highest BCUT2D eigenvalue weighted by molar-refractivity contribution is 5.60. The van der Waals surface area contributed by atoms with Gasteiger partial charge in [-0.25, -0.2) is 18.2 Å². The van der Waals surface area contributed by atoms with Gasteiger partial charge >= 0.3 is 0 Å². The first kappa shape index (κ1) is 12.2. The SMILES string of the molecule is Fc1ccc(-c2ocnc2CNC2CC2)c(F)c1F. The Balaban J connectivity index is 1.93. The molecule has 1 aliphatic rings. The molecule has 3 rings (SSSR count). The zero-order chi connectivity index (χ0) is 13.4. The number of halogens is 3. The molecule has 1 heterocycles. The third kappa shape index (κ3) is 2.35. The van der Waals surface area contributed by atoms with Crippen molar-refractivity contribution in [1.29, 1.82) is 0 Å². The maximum absolute atomic E-state index is 13.7. The number of rotatable bonds is 4. The van der Waals surface area contributed by atoms with Crippen LogP contribution in [0.3, 0.4) is 0 Å². The van der Waals surface area contributed by atoms with Crippen LogP contribution in [0.1, 0.15) is 18.5 Å². The van der Waals surface area contributed by atoms with Gasteiger partial charge < -0.3 is 9.73 Å². The highest BCUT2D eigenvalue weighted by Crippen LogP contribution is 2.29. The summed E-state index contributed by atoms with van der Waals surface area (Å²) in [6.07, 6.45) is 3.37. The van der Waals surface area contributed by atoms with Crippen LogP contribution >= 0.6 is 0 Å². The summed E-state index contributed by atoms with van der Waals surface area (Å²) in [6.45, 7) is 0.412. The van der Waals surface area contributed by atoms with E-state index in [9.17, 15) is 13.2 Å². The molecular formula is C13H11F3N2O. The lowest BCUT2D eigenvalue weighted by molar-refractivity contribution is 0.446. The van der Waals surface area contributed by atoms with Crippen LogP contribution in [0.4, 0.5) is 13.2 Å². The standard InChI is InChI=1S/C13H11F3N2O/c14-9-4-3-8(11(15)12(9)16)13-10(18-6-19-13)5-17-7-1-2-7/h3-4,6-7,17H,1-2,5H2. The van der Waals surface area contributed by atoms with Gasteiger partial charge in [-0.05, 0) is 25.0 Å². The van der Waals surface area contributed by atoms with Crippen molar-refractivity contribution >= 4 is 0 Å². The summed E-state index contributed by atoms with van der Waals surface area (Å²) in [5, 5.41) is 3.20. The molecule has 0 bridgehead atoms. The number of nitrogens with zero attached hydrogens (tertiary/aromatic N) is 1. The number of aromatic nitrogens is 1. The molecule has 2 aromatic rings. The van der Waals surface area contributed by atoms with Crippen molar-refractivity contribution in [3.05, 3.63) is 41.7 Å². The lowest BCUT2D eigenvalue weighted by Gasteiger charge is -2.05. The Bertz CT molecular complexity index is 608. The van der Waals surface area contributed by atoms with Gasteiger partial charge in [0.15, 0.2) is 29.6 Å². The van der Waals surface area contributed by atoms with Gasteiger partial charge in [0.2, 0.25) is 0 Å². The average molecular weight is 268 g/mol. The molecule has 1 N–H and O–H groups in total. The van der Waals surface area contributed by atoms with Gasteiger partial charge in [0, 0.05) is 12.6 Å². The van der Waals surface area contributed by atoms with Crippen LogP contribution < -0.4 is 5.32 Å². The highest BCUT2D eigenvalue weighted by Gasteiger charge is 2.23. The summed E-state index contributed by atoms with van der Waals surface area (Å²) < 4.78 is 44.9. The Morgan fingerprint density at radius 3 is 2.74 bits per heavy atom. The number of hydrogen-bond acceptors (Lipinski definition) is 3. The van der Waals surface area contributed by atoms with Crippen molar-refractivity contribution in [2.45, 2.75) is 25.4 Å². The Hall–Kier alpha value is -1.82. The second kappa shape index (κ2) is 4.70. The van der Waals surface area contributed by atoms with Gasteiger partial charge in [-0.3, -0.25) is 0 Å². The largest absolute Gasteiger partial charge is 0.443 e. The van der Waals surface area contributed by atoms with E-state index in [1.807, 2.05) is 0 Å². The first-order valence-corrected chi connectivity index (χ1v) is 5.96. The molecule has 0 amide bonds. The molecule has 1 aromatic carbocycles. The Kier molecular flexibility index (Phi) is 3.02. The van der Waals surface area contributed by atoms with Gasteiger partial charge in [0.1, 0.15) is 5.69 Å². The van der Waals surface area contributed by atoms with E-state index in [0.717, 1.165) is 25.0 Å². The molecule has 0 radical (unpaired) electrons. The molecule has 0 unspecified atom stereocenters. The molecule has 0 atom stereocenters. The molecule has 0 aliphatic heterocycles. The van der Waals surface area contributed by atoms with E-state index in [0.29, 0.717) is 18.3 Å². The van der Waals surface area contributed by atoms with Crippen molar-refractivity contribution < 1.29 is 17.6 Å². The molecule has 1 aromatic heterocycles. The monoisotopic (exact) mass is 268 g/mol. The van der Waals surface area contributed by atoms with Gasteiger partial charge in [-0.15, -0.1) is 0 Å². The van der Waals surface area contributed by atoms with Crippen molar-refractivity contribution in [2.24, 2.45) is 0 Å². The third-order valence-electron chi connectivity index (χ3n) is 3.06. The van der Waals surface area contributed by atoms with Crippen LogP contribution in [-0.4, -0.2) is 11.0 Å². The first-order chi connectivity index (χ1) is 9.16. The molecule has 0 spiro atoms. The molecule has 1 fully saturated rings. The number of benzene rings is 1. The van der Waals surface area contributed by atoms with Crippen LogP contribution in [0.25, 0.3) is 11.3 Å². The lowest BCUT2D eigenvalue weighted by Crippen LogP contribution is -2.16. The van der Waals surface area contributed by atoms with Crippen LogP contribution in [0.2, 0.25) is 0 Å². The normalized spacial score (nSPS) is 14.9. The molecule has 19 heavy (non-hydrogen) atoms. The zero-order valence-electron chi connectivity index (χ0n) is 9.92. The van der Waals surface area contributed by atoms with E-state index >= 15 is 0 Å². The second-order valence-corrected chi connectivity index (χ2v) is 4.51. The van der Waals surface area contributed by atoms with Gasteiger partial charge in [-0.1, -0.05) is 0 Å². The first-order valence-electron chi connectivity index (χ1n) is 5.96. The summed E-state index contributed by atoms with van der Waals surface area (Å²) >= 11 is 0.